The summed E-state index contributed by atoms with van der Waals surface area (Å²) in [4.78, 5) is 0. The minimum atomic E-state index is -0.0352. The van der Waals surface area contributed by atoms with Gasteiger partial charge >= 0.3 is 0 Å². The van der Waals surface area contributed by atoms with Crippen LogP contribution in [0.15, 0.2) is 18.5 Å². The highest BCUT2D eigenvalue weighted by Crippen LogP contribution is 2.10. The van der Waals surface area contributed by atoms with Gasteiger partial charge in [0.1, 0.15) is 0 Å². The van der Waals surface area contributed by atoms with E-state index in [1.807, 2.05) is 30.1 Å². The third kappa shape index (κ3) is 2.76. The molecule has 2 heterocycles. The highest BCUT2D eigenvalue weighted by atomic mass is 15.4. The van der Waals surface area contributed by atoms with E-state index in [4.69, 9.17) is 5.73 Å². The van der Waals surface area contributed by atoms with E-state index in [0.29, 0.717) is 12.6 Å². The first-order valence-corrected chi connectivity index (χ1v) is 6.29. The molecule has 0 spiro atoms. The normalized spacial score (nSPS) is 13.2. The van der Waals surface area contributed by atoms with Crippen LogP contribution in [0, 0.1) is 0 Å². The summed E-state index contributed by atoms with van der Waals surface area (Å²) in [7, 11) is 0. The molecule has 0 saturated heterocycles. The standard InChI is InChI=1S/C12H20N6/c1-4-11(13)12-8-17(16-14-12)7-10-5-6-18(15-10)9(2)3/h5-6,8-9,11H,4,7,13H2,1-3H3. The smallest absolute Gasteiger partial charge is 0.0994 e. The summed E-state index contributed by atoms with van der Waals surface area (Å²) in [5, 5.41) is 12.6. The van der Waals surface area contributed by atoms with Crippen LogP contribution in [0.2, 0.25) is 0 Å². The number of hydrogen-bond acceptors (Lipinski definition) is 4. The molecule has 2 aromatic heterocycles. The summed E-state index contributed by atoms with van der Waals surface area (Å²) in [6.07, 6.45) is 4.73. The fourth-order valence-corrected chi connectivity index (χ4v) is 1.68. The lowest BCUT2D eigenvalue weighted by Gasteiger charge is -2.03. The van der Waals surface area contributed by atoms with Crippen molar-refractivity contribution in [3.8, 4) is 0 Å². The fraction of sp³-hybridized carbons (Fsp3) is 0.583. The Labute approximate surface area is 107 Å². The van der Waals surface area contributed by atoms with Crippen LogP contribution in [0.5, 0.6) is 0 Å². The Morgan fingerprint density at radius 2 is 2.17 bits per heavy atom. The highest BCUT2D eigenvalue weighted by molar-refractivity contribution is 5.03. The van der Waals surface area contributed by atoms with Crippen molar-refractivity contribution in [1.29, 1.82) is 0 Å². The summed E-state index contributed by atoms with van der Waals surface area (Å²) in [5.74, 6) is 0. The molecular formula is C12H20N6. The largest absolute Gasteiger partial charge is 0.323 e. The summed E-state index contributed by atoms with van der Waals surface area (Å²) >= 11 is 0. The van der Waals surface area contributed by atoms with Gasteiger partial charge in [0.05, 0.1) is 30.2 Å². The first-order valence-electron chi connectivity index (χ1n) is 6.29. The maximum Gasteiger partial charge on any atom is 0.0994 e. The molecule has 2 N–H and O–H groups in total. The topological polar surface area (TPSA) is 74.5 Å². The van der Waals surface area contributed by atoms with Gasteiger partial charge in [-0.2, -0.15) is 5.10 Å². The van der Waals surface area contributed by atoms with Crippen molar-refractivity contribution in [1.82, 2.24) is 24.8 Å². The molecule has 0 aliphatic rings. The SMILES string of the molecule is CCC(N)c1cn(Cc2ccn(C(C)C)n2)nn1. The van der Waals surface area contributed by atoms with Crippen molar-refractivity contribution in [2.75, 3.05) is 0 Å². The number of aromatic nitrogens is 5. The number of nitrogens with zero attached hydrogens (tertiary/aromatic N) is 5. The Hall–Kier alpha value is -1.69. The summed E-state index contributed by atoms with van der Waals surface area (Å²) in [6.45, 7) is 6.87. The fourth-order valence-electron chi connectivity index (χ4n) is 1.68. The van der Waals surface area contributed by atoms with E-state index in [0.717, 1.165) is 17.8 Å². The number of nitrogens with two attached hydrogens (primary N) is 1. The van der Waals surface area contributed by atoms with Gasteiger partial charge in [0.25, 0.3) is 0 Å². The summed E-state index contributed by atoms with van der Waals surface area (Å²) in [5.41, 5.74) is 7.72. The van der Waals surface area contributed by atoms with E-state index < -0.39 is 0 Å². The van der Waals surface area contributed by atoms with Gasteiger partial charge in [-0.1, -0.05) is 12.1 Å². The molecule has 98 valence electrons. The lowest BCUT2D eigenvalue weighted by atomic mass is 10.2. The number of hydrogen-bond donors (Lipinski definition) is 1. The van der Waals surface area contributed by atoms with Crippen molar-refractivity contribution < 1.29 is 0 Å². The molecule has 0 aliphatic heterocycles. The lowest BCUT2D eigenvalue weighted by Crippen LogP contribution is -2.09. The molecule has 1 unspecified atom stereocenters. The van der Waals surface area contributed by atoms with E-state index in [1.165, 1.54) is 0 Å². The monoisotopic (exact) mass is 248 g/mol. The third-order valence-corrected chi connectivity index (χ3v) is 2.89. The van der Waals surface area contributed by atoms with E-state index >= 15 is 0 Å². The summed E-state index contributed by atoms with van der Waals surface area (Å²) < 4.78 is 3.71. The Morgan fingerprint density at radius 3 is 2.78 bits per heavy atom. The van der Waals surface area contributed by atoms with Gasteiger partial charge in [0.2, 0.25) is 0 Å². The van der Waals surface area contributed by atoms with Gasteiger partial charge in [0.15, 0.2) is 0 Å². The van der Waals surface area contributed by atoms with E-state index in [-0.39, 0.29) is 6.04 Å². The minimum absolute atomic E-state index is 0.0352. The first-order chi connectivity index (χ1) is 8.60. The van der Waals surface area contributed by atoms with Crippen LogP contribution in [-0.2, 0) is 6.54 Å². The van der Waals surface area contributed by atoms with Crippen molar-refractivity contribution >= 4 is 0 Å². The van der Waals surface area contributed by atoms with E-state index in [9.17, 15) is 0 Å². The molecule has 0 bridgehead atoms. The molecule has 0 aliphatic carbocycles. The van der Waals surface area contributed by atoms with Gasteiger partial charge in [-0.3, -0.25) is 4.68 Å². The average molecular weight is 248 g/mol. The Morgan fingerprint density at radius 1 is 1.39 bits per heavy atom. The van der Waals surface area contributed by atoms with Crippen LogP contribution in [0.3, 0.4) is 0 Å². The second-order valence-electron chi connectivity index (χ2n) is 4.74. The predicted molar refractivity (Wildman–Crippen MR) is 69.0 cm³/mol. The van der Waals surface area contributed by atoms with Gasteiger partial charge < -0.3 is 5.73 Å². The molecule has 0 aromatic carbocycles. The van der Waals surface area contributed by atoms with Crippen LogP contribution < -0.4 is 5.73 Å². The molecule has 18 heavy (non-hydrogen) atoms. The van der Waals surface area contributed by atoms with Gasteiger partial charge in [-0.05, 0) is 26.3 Å². The summed E-state index contributed by atoms with van der Waals surface area (Å²) in [6, 6.07) is 2.34. The molecule has 6 heteroatoms. The second kappa shape index (κ2) is 5.30. The molecule has 1 atom stereocenters. The molecular weight excluding hydrogens is 228 g/mol. The quantitative estimate of drug-likeness (QED) is 0.870. The van der Waals surface area contributed by atoms with Crippen molar-refractivity contribution in [2.24, 2.45) is 5.73 Å². The van der Waals surface area contributed by atoms with Crippen LogP contribution >= 0.6 is 0 Å². The van der Waals surface area contributed by atoms with Gasteiger partial charge in [-0.25, -0.2) is 4.68 Å². The van der Waals surface area contributed by atoms with Crippen LogP contribution in [0.1, 0.15) is 50.7 Å². The van der Waals surface area contributed by atoms with Crippen molar-refractivity contribution in [3.05, 3.63) is 29.8 Å². The molecule has 0 amide bonds. The van der Waals surface area contributed by atoms with Gasteiger partial charge in [0, 0.05) is 12.2 Å². The average Bonchev–Trinajstić information content (AvgIpc) is 2.98. The van der Waals surface area contributed by atoms with E-state index in [1.54, 1.807) is 4.68 Å². The second-order valence-corrected chi connectivity index (χ2v) is 4.74. The molecule has 0 fully saturated rings. The molecule has 6 nitrogen and oxygen atoms in total. The zero-order valence-electron chi connectivity index (χ0n) is 11.1. The molecule has 2 aromatic rings. The Kier molecular flexibility index (Phi) is 3.76. The lowest BCUT2D eigenvalue weighted by molar-refractivity contribution is 0.519. The van der Waals surface area contributed by atoms with Crippen LogP contribution in [0.25, 0.3) is 0 Å². The first kappa shape index (κ1) is 12.8. The maximum atomic E-state index is 5.91. The van der Waals surface area contributed by atoms with Crippen molar-refractivity contribution in [3.63, 3.8) is 0 Å². The van der Waals surface area contributed by atoms with Crippen molar-refractivity contribution in [2.45, 2.75) is 45.8 Å². The number of rotatable bonds is 5. The minimum Gasteiger partial charge on any atom is -0.323 e. The Bertz CT molecular complexity index is 498. The maximum absolute atomic E-state index is 5.91. The molecule has 0 radical (unpaired) electrons. The molecule has 2 rings (SSSR count). The highest BCUT2D eigenvalue weighted by Gasteiger charge is 2.09. The third-order valence-electron chi connectivity index (χ3n) is 2.89. The molecule has 0 saturated carbocycles. The zero-order chi connectivity index (χ0) is 13.1. The van der Waals surface area contributed by atoms with Crippen LogP contribution in [-0.4, -0.2) is 24.8 Å². The van der Waals surface area contributed by atoms with Crippen LogP contribution in [0.4, 0.5) is 0 Å². The Balaban J connectivity index is 2.06. The predicted octanol–water partition coefficient (Wildman–Crippen LogP) is 1.51. The zero-order valence-corrected chi connectivity index (χ0v) is 11.1. The van der Waals surface area contributed by atoms with E-state index in [2.05, 4.69) is 29.3 Å². The van der Waals surface area contributed by atoms with Gasteiger partial charge in [-0.15, -0.1) is 5.10 Å².